The molecule has 1 saturated heterocycles. The van der Waals surface area contributed by atoms with E-state index in [0.29, 0.717) is 5.92 Å². The van der Waals surface area contributed by atoms with E-state index in [1.165, 1.54) is 34.3 Å². The minimum atomic E-state index is 0.605. The number of para-hydroxylation sites is 2. The van der Waals surface area contributed by atoms with Gasteiger partial charge in [0, 0.05) is 62.2 Å². The van der Waals surface area contributed by atoms with Gasteiger partial charge in [-0.3, -0.25) is 4.90 Å². The van der Waals surface area contributed by atoms with Crippen molar-refractivity contribution in [3.05, 3.63) is 48.5 Å². The maximum atomic E-state index is 5.66. The van der Waals surface area contributed by atoms with Crippen molar-refractivity contribution in [3.8, 4) is 0 Å². The number of hydrogen-bond donors (Lipinski definition) is 0. The molecule has 4 rings (SSSR count). The summed E-state index contributed by atoms with van der Waals surface area (Å²) in [7, 11) is 0. The average molecular weight is 426 g/mol. The second-order valence-corrected chi connectivity index (χ2v) is 9.59. The normalized spacial score (nSPS) is 18.1. The fourth-order valence-corrected chi connectivity index (χ4v) is 5.52. The Hall–Kier alpha value is -1.53. The number of benzene rings is 2. The van der Waals surface area contributed by atoms with E-state index in [1.807, 2.05) is 11.8 Å². The van der Waals surface area contributed by atoms with Crippen LogP contribution in [-0.4, -0.2) is 68.8 Å². The Bertz CT molecular complexity index is 761. The van der Waals surface area contributed by atoms with Crippen LogP contribution in [0.5, 0.6) is 0 Å². The van der Waals surface area contributed by atoms with Crippen LogP contribution in [0.25, 0.3) is 0 Å². The molecule has 0 aliphatic carbocycles. The lowest BCUT2D eigenvalue weighted by atomic mass is 10.1. The van der Waals surface area contributed by atoms with Gasteiger partial charge in [-0.2, -0.15) is 0 Å². The largest absolute Gasteiger partial charge is 0.380 e. The second kappa shape index (κ2) is 10.7. The summed E-state index contributed by atoms with van der Waals surface area (Å²) in [5.74, 6) is 0.605. The van der Waals surface area contributed by atoms with Crippen molar-refractivity contribution in [2.75, 3.05) is 63.9 Å². The Morgan fingerprint density at radius 1 is 0.833 bits per heavy atom. The van der Waals surface area contributed by atoms with E-state index in [-0.39, 0.29) is 0 Å². The molecule has 2 aromatic carbocycles. The molecule has 1 unspecified atom stereocenters. The van der Waals surface area contributed by atoms with Gasteiger partial charge in [-0.05, 0) is 36.6 Å². The first kappa shape index (κ1) is 21.7. The third-order valence-corrected chi connectivity index (χ3v) is 7.09. The van der Waals surface area contributed by atoms with E-state index >= 15 is 0 Å². The molecule has 0 amide bonds. The molecular formula is C25H35N3OS. The van der Waals surface area contributed by atoms with Crippen LogP contribution in [0.4, 0.5) is 11.4 Å². The Morgan fingerprint density at radius 3 is 2.07 bits per heavy atom. The number of piperazine rings is 1. The molecule has 0 bridgehead atoms. The number of nitrogens with zero attached hydrogens (tertiary/aromatic N) is 3. The quantitative estimate of drug-likeness (QED) is 0.527. The molecule has 4 nitrogen and oxygen atoms in total. The van der Waals surface area contributed by atoms with Gasteiger partial charge in [-0.1, -0.05) is 49.9 Å². The summed E-state index contributed by atoms with van der Waals surface area (Å²) < 4.78 is 5.66. The number of anilines is 2. The molecule has 2 aliphatic heterocycles. The Balaban J connectivity index is 1.31. The summed E-state index contributed by atoms with van der Waals surface area (Å²) in [4.78, 5) is 10.5. The van der Waals surface area contributed by atoms with Gasteiger partial charge in [0.2, 0.25) is 0 Å². The van der Waals surface area contributed by atoms with E-state index in [0.717, 1.165) is 52.4 Å². The number of hydrogen-bond acceptors (Lipinski definition) is 5. The number of fused-ring (bicyclic) bond motifs is 2. The van der Waals surface area contributed by atoms with Gasteiger partial charge in [0.1, 0.15) is 0 Å². The van der Waals surface area contributed by atoms with Crippen LogP contribution < -0.4 is 4.90 Å². The van der Waals surface area contributed by atoms with E-state index < -0.39 is 0 Å². The summed E-state index contributed by atoms with van der Waals surface area (Å²) in [6, 6.07) is 17.6. The molecule has 0 radical (unpaired) electrons. The fraction of sp³-hybridized carbons (Fsp3) is 0.520. The first-order valence-corrected chi connectivity index (χ1v) is 12.2. The van der Waals surface area contributed by atoms with E-state index in [1.54, 1.807) is 0 Å². The van der Waals surface area contributed by atoms with Crippen LogP contribution in [-0.2, 0) is 4.74 Å². The standard InChI is InChI=1S/C25H35N3OS/c1-3-17-29-18-16-26-12-14-27(15-13-26)19-21(2)20-28-22-8-4-6-10-24(22)30-25-11-7-5-9-23(25)28/h4-11,21H,3,12-20H2,1-2H3. The minimum absolute atomic E-state index is 0.605. The fourth-order valence-electron chi connectivity index (χ4n) is 4.42. The highest BCUT2D eigenvalue weighted by molar-refractivity contribution is 7.99. The zero-order valence-electron chi connectivity index (χ0n) is 18.4. The van der Waals surface area contributed by atoms with Crippen LogP contribution in [0.15, 0.2) is 58.3 Å². The molecule has 0 saturated carbocycles. The summed E-state index contributed by atoms with van der Waals surface area (Å²) in [5.41, 5.74) is 2.70. The molecule has 0 N–H and O–H groups in total. The summed E-state index contributed by atoms with van der Waals surface area (Å²) in [6.45, 7) is 14.3. The van der Waals surface area contributed by atoms with Crippen LogP contribution in [0.1, 0.15) is 20.3 Å². The highest BCUT2D eigenvalue weighted by Crippen LogP contribution is 2.47. The minimum Gasteiger partial charge on any atom is -0.380 e. The first-order valence-electron chi connectivity index (χ1n) is 11.4. The van der Waals surface area contributed by atoms with Gasteiger partial charge < -0.3 is 14.5 Å². The molecule has 2 aromatic rings. The maximum absolute atomic E-state index is 5.66. The second-order valence-electron chi connectivity index (χ2n) is 8.51. The monoisotopic (exact) mass is 425 g/mol. The molecular weight excluding hydrogens is 390 g/mol. The van der Waals surface area contributed by atoms with Crippen molar-refractivity contribution in [2.45, 2.75) is 30.1 Å². The highest BCUT2D eigenvalue weighted by Gasteiger charge is 2.25. The Labute approximate surface area is 186 Å². The molecule has 5 heteroatoms. The van der Waals surface area contributed by atoms with Gasteiger partial charge >= 0.3 is 0 Å². The highest BCUT2D eigenvalue weighted by atomic mass is 32.2. The predicted octanol–water partition coefficient (Wildman–Crippen LogP) is 4.97. The zero-order chi connectivity index (χ0) is 20.8. The topological polar surface area (TPSA) is 19.0 Å². The Morgan fingerprint density at radius 2 is 1.43 bits per heavy atom. The smallest absolute Gasteiger partial charge is 0.0593 e. The van der Waals surface area contributed by atoms with E-state index in [4.69, 9.17) is 4.74 Å². The molecule has 0 aromatic heterocycles. The summed E-state index contributed by atoms with van der Waals surface area (Å²) in [5, 5.41) is 0. The van der Waals surface area contributed by atoms with Crippen molar-refractivity contribution in [1.82, 2.24) is 9.80 Å². The third-order valence-electron chi connectivity index (χ3n) is 5.96. The average Bonchev–Trinajstić information content (AvgIpc) is 2.77. The Kier molecular flexibility index (Phi) is 7.72. The van der Waals surface area contributed by atoms with Crippen LogP contribution >= 0.6 is 11.8 Å². The van der Waals surface area contributed by atoms with Crippen molar-refractivity contribution in [3.63, 3.8) is 0 Å². The molecule has 30 heavy (non-hydrogen) atoms. The summed E-state index contributed by atoms with van der Waals surface area (Å²) >= 11 is 1.89. The molecule has 162 valence electrons. The molecule has 1 atom stereocenters. The van der Waals surface area contributed by atoms with Crippen molar-refractivity contribution in [1.29, 1.82) is 0 Å². The molecule has 1 fully saturated rings. The van der Waals surface area contributed by atoms with Gasteiger partial charge in [-0.25, -0.2) is 0 Å². The molecule has 0 spiro atoms. The SMILES string of the molecule is CCCOCCN1CCN(CC(C)CN2c3ccccc3Sc3ccccc32)CC1. The van der Waals surface area contributed by atoms with Crippen LogP contribution in [0.2, 0.25) is 0 Å². The molecule has 2 aliphatic rings. The number of ether oxygens (including phenoxy) is 1. The maximum Gasteiger partial charge on any atom is 0.0593 e. The lowest BCUT2D eigenvalue weighted by Gasteiger charge is -2.38. The van der Waals surface area contributed by atoms with Crippen LogP contribution in [0, 0.1) is 5.92 Å². The summed E-state index contributed by atoms with van der Waals surface area (Å²) in [6.07, 6.45) is 1.11. The predicted molar refractivity (Wildman–Crippen MR) is 127 cm³/mol. The van der Waals surface area contributed by atoms with Gasteiger partial charge in [-0.15, -0.1) is 0 Å². The van der Waals surface area contributed by atoms with Gasteiger partial charge in [0.25, 0.3) is 0 Å². The third kappa shape index (κ3) is 5.38. The molecule has 2 heterocycles. The van der Waals surface area contributed by atoms with Crippen LogP contribution in [0.3, 0.4) is 0 Å². The lowest BCUT2D eigenvalue weighted by Crippen LogP contribution is -2.49. The number of rotatable bonds is 9. The van der Waals surface area contributed by atoms with Gasteiger partial charge in [0.05, 0.1) is 18.0 Å². The van der Waals surface area contributed by atoms with Crippen molar-refractivity contribution >= 4 is 23.1 Å². The lowest BCUT2D eigenvalue weighted by molar-refractivity contribution is 0.0722. The zero-order valence-corrected chi connectivity index (χ0v) is 19.2. The van der Waals surface area contributed by atoms with E-state index in [9.17, 15) is 0 Å². The van der Waals surface area contributed by atoms with Crippen molar-refractivity contribution < 1.29 is 4.74 Å². The van der Waals surface area contributed by atoms with Crippen molar-refractivity contribution in [2.24, 2.45) is 5.92 Å². The van der Waals surface area contributed by atoms with Gasteiger partial charge in [0.15, 0.2) is 0 Å². The first-order chi connectivity index (χ1) is 14.7. The van der Waals surface area contributed by atoms with E-state index in [2.05, 4.69) is 77.1 Å².